The molecule has 0 aliphatic carbocycles. The number of amides is 1. The van der Waals surface area contributed by atoms with Gasteiger partial charge in [-0.2, -0.15) is 0 Å². The monoisotopic (exact) mass is 401 g/mol. The van der Waals surface area contributed by atoms with E-state index in [1.165, 1.54) is 33.2 Å². The van der Waals surface area contributed by atoms with Crippen LogP contribution in [0.2, 0.25) is 0 Å². The highest BCUT2D eigenvalue weighted by molar-refractivity contribution is 5.86. The Morgan fingerprint density at radius 1 is 0.933 bits per heavy atom. The fraction of sp³-hybridized carbons (Fsp3) is 0.346. The molecular formula is C26H31N3O. The van der Waals surface area contributed by atoms with Crippen molar-refractivity contribution in [3.8, 4) is 0 Å². The summed E-state index contributed by atoms with van der Waals surface area (Å²) >= 11 is 0. The van der Waals surface area contributed by atoms with E-state index in [0.29, 0.717) is 6.54 Å². The van der Waals surface area contributed by atoms with Crippen LogP contribution in [0.4, 0.5) is 5.69 Å². The Bertz CT molecular complexity index is 1030. The SMILES string of the molecule is Cc1cccc(N2CCN(C(=O)CN[C@@H](C)c3cccc4ccccc34)CC2)c1C. The number of fused-ring (bicyclic) bond motifs is 1. The number of carbonyl (C=O) groups is 1. The van der Waals surface area contributed by atoms with Crippen molar-refractivity contribution in [1.29, 1.82) is 0 Å². The molecule has 1 N–H and O–H groups in total. The normalized spacial score (nSPS) is 15.4. The molecule has 0 radical (unpaired) electrons. The van der Waals surface area contributed by atoms with E-state index in [1.807, 2.05) is 4.90 Å². The highest BCUT2D eigenvalue weighted by Gasteiger charge is 2.22. The topological polar surface area (TPSA) is 35.6 Å². The average Bonchev–Trinajstić information content (AvgIpc) is 2.79. The van der Waals surface area contributed by atoms with Gasteiger partial charge in [0, 0.05) is 37.9 Å². The Hall–Kier alpha value is -2.85. The number of nitrogens with one attached hydrogen (secondary N) is 1. The molecule has 0 spiro atoms. The molecule has 1 saturated heterocycles. The van der Waals surface area contributed by atoms with Gasteiger partial charge in [-0.1, -0.05) is 54.6 Å². The highest BCUT2D eigenvalue weighted by Crippen LogP contribution is 2.25. The van der Waals surface area contributed by atoms with Crippen molar-refractivity contribution in [1.82, 2.24) is 10.2 Å². The quantitative estimate of drug-likeness (QED) is 0.686. The second-order valence-corrected chi connectivity index (χ2v) is 8.26. The van der Waals surface area contributed by atoms with Gasteiger partial charge in [0.25, 0.3) is 0 Å². The predicted octanol–water partition coefficient (Wildman–Crippen LogP) is 4.46. The van der Waals surface area contributed by atoms with Gasteiger partial charge < -0.3 is 15.1 Å². The molecule has 3 aromatic carbocycles. The van der Waals surface area contributed by atoms with Crippen LogP contribution >= 0.6 is 0 Å². The first kappa shape index (κ1) is 20.4. The lowest BCUT2D eigenvalue weighted by Gasteiger charge is -2.37. The van der Waals surface area contributed by atoms with E-state index in [0.717, 1.165) is 26.2 Å². The van der Waals surface area contributed by atoms with E-state index in [1.54, 1.807) is 0 Å². The first-order valence-corrected chi connectivity index (χ1v) is 10.8. The molecule has 1 aliphatic heterocycles. The molecule has 0 saturated carbocycles. The minimum absolute atomic E-state index is 0.122. The second kappa shape index (κ2) is 8.88. The minimum atomic E-state index is 0.122. The van der Waals surface area contributed by atoms with E-state index in [9.17, 15) is 4.79 Å². The summed E-state index contributed by atoms with van der Waals surface area (Å²) in [7, 11) is 0. The van der Waals surface area contributed by atoms with E-state index in [-0.39, 0.29) is 11.9 Å². The first-order valence-electron chi connectivity index (χ1n) is 10.8. The maximum Gasteiger partial charge on any atom is 0.236 e. The number of nitrogens with zero attached hydrogens (tertiary/aromatic N) is 2. The maximum atomic E-state index is 12.8. The molecule has 3 aromatic rings. The number of benzene rings is 3. The van der Waals surface area contributed by atoms with Crippen LogP contribution in [-0.2, 0) is 4.79 Å². The molecule has 0 aromatic heterocycles. The van der Waals surface area contributed by atoms with E-state index < -0.39 is 0 Å². The first-order chi connectivity index (χ1) is 14.5. The third-order valence-electron chi connectivity index (χ3n) is 6.40. The van der Waals surface area contributed by atoms with Crippen LogP contribution in [0.25, 0.3) is 10.8 Å². The number of hydrogen-bond donors (Lipinski definition) is 1. The van der Waals surface area contributed by atoms with E-state index >= 15 is 0 Å². The number of hydrogen-bond acceptors (Lipinski definition) is 3. The van der Waals surface area contributed by atoms with Crippen LogP contribution in [0.1, 0.15) is 29.7 Å². The van der Waals surface area contributed by atoms with Gasteiger partial charge in [-0.3, -0.25) is 4.79 Å². The zero-order chi connectivity index (χ0) is 21.1. The van der Waals surface area contributed by atoms with E-state index in [4.69, 9.17) is 0 Å². The lowest BCUT2D eigenvalue weighted by Crippen LogP contribution is -2.51. The van der Waals surface area contributed by atoms with Crippen LogP contribution in [0.5, 0.6) is 0 Å². The summed E-state index contributed by atoms with van der Waals surface area (Å²) in [6, 6.07) is 21.4. The number of piperazine rings is 1. The molecule has 0 bridgehead atoms. The van der Waals surface area contributed by atoms with Crippen molar-refractivity contribution in [2.24, 2.45) is 0 Å². The summed E-state index contributed by atoms with van der Waals surface area (Å²) in [6.07, 6.45) is 0. The molecule has 30 heavy (non-hydrogen) atoms. The lowest BCUT2D eigenvalue weighted by molar-refractivity contribution is -0.130. The molecule has 1 amide bonds. The second-order valence-electron chi connectivity index (χ2n) is 8.26. The summed E-state index contributed by atoms with van der Waals surface area (Å²) in [5, 5.41) is 5.92. The largest absolute Gasteiger partial charge is 0.368 e. The Labute approximate surface area is 179 Å². The van der Waals surface area contributed by atoms with Crippen molar-refractivity contribution in [3.05, 3.63) is 77.4 Å². The minimum Gasteiger partial charge on any atom is -0.368 e. The number of anilines is 1. The Morgan fingerprint density at radius 3 is 2.43 bits per heavy atom. The summed E-state index contributed by atoms with van der Waals surface area (Å²) in [5.41, 5.74) is 5.19. The van der Waals surface area contributed by atoms with Crippen LogP contribution in [0.3, 0.4) is 0 Å². The molecule has 1 heterocycles. The van der Waals surface area contributed by atoms with Gasteiger partial charge in [0.2, 0.25) is 5.91 Å². The molecule has 4 heteroatoms. The van der Waals surface area contributed by atoms with Crippen LogP contribution in [-0.4, -0.2) is 43.5 Å². The average molecular weight is 402 g/mol. The van der Waals surface area contributed by atoms with Crippen molar-refractivity contribution < 1.29 is 4.79 Å². The predicted molar refractivity (Wildman–Crippen MR) is 125 cm³/mol. The van der Waals surface area contributed by atoms with Crippen molar-refractivity contribution in [3.63, 3.8) is 0 Å². The van der Waals surface area contributed by atoms with Gasteiger partial charge in [0.05, 0.1) is 6.54 Å². The van der Waals surface area contributed by atoms with Crippen molar-refractivity contribution >= 4 is 22.4 Å². The fourth-order valence-electron chi connectivity index (χ4n) is 4.37. The molecule has 4 nitrogen and oxygen atoms in total. The third-order valence-corrected chi connectivity index (χ3v) is 6.40. The van der Waals surface area contributed by atoms with Gasteiger partial charge in [0.15, 0.2) is 0 Å². The Kier molecular flexibility index (Phi) is 6.05. The van der Waals surface area contributed by atoms with Crippen LogP contribution < -0.4 is 10.2 Å². The highest BCUT2D eigenvalue weighted by atomic mass is 16.2. The lowest BCUT2D eigenvalue weighted by atomic mass is 10.00. The summed E-state index contributed by atoms with van der Waals surface area (Å²) in [5.74, 6) is 0.183. The molecule has 156 valence electrons. The number of aryl methyl sites for hydroxylation is 1. The zero-order valence-corrected chi connectivity index (χ0v) is 18.2. The van der Waals surface area contributed by atoms with Crippen molar-refractivity contribution in [2.75, 3.05) is 37.6 Å². The third kappa shape index (κ3) is 4.19. The molecule has 1 aliphatic rings. The summed E-state index contributed by atoms with van der Waals surface area (Å²) in [6.45, 7) is 10.2. The maximum absolute atomic E-state index is 12.8. The fourth-order valence-corrected chi connectivity index (χ4v) is 4.37. The van der Waals surface area contributed by atoms with Crippen molar-refractivity contribution in [2.45, 2.75) is 26.8 Å². The molecule has 1 atom stereocenters. The number of rotatable bonds is 5. The van der Waals surface area contributed by atoms with E-state index in [2.05, 4.69) is 91.7 Å². The Morgan fingerprint density at radius 2 is 1.63 bits per heavy atom. The zero-order valence-electron chi connectivity index (χ0n) is 18.2. The van der Waals surface area contributed by atoms with Gasteiger partial charge >= 0.3 is 0 Å². The van der Waals surface area contributed by atoms with Crippen LogP contribution in [0, 0.1) is 13.8 Å². The molecule has 4 rings (SSSR count). The molecule has 0 unspecified atom stereocenters. The van der Waals surface area contributed by atoms with Gasteiger partial charge in [-0.25, -0.2) is 0 Å². The van der Waals surface area contributed by atoms with Gasteiger partial charge in [-0.05, 0) is 54.3 Å². The summed E-state index contributed by atoms with van der Waals surface area (Å²) in [4.78, 5) is 17.2. The Balaban J connectivity index is 1.33. The molecular weight excluding hydrogens is 370 g/mol. The summed E-state index contributed by atoms with van der Waals surface area (Å²) < 4.78 is 0. The van der Waals surface area contributed by atoms with Gasteiger partial charge in [0.1, 0.15) is 0 Å². The molecule has 1 fully saturated rings. The standard InChI is InChI=1S/C26H31N3O/c1-19-8-6-13-25(20(19)2)28-14-16-29(17-15-28)26(30)18-27-21(3)23-12-7-10-22-9-4-5-11-24(22)23/h4-13,21,27H,14-18H2,1-3H3/t21-/m0/s1. The number of carbonyl (C=O) groups excluding carboxylic acids is 1. The smallest absolute Gasteiger partial charge is 0.236 e. The van der Waals surface area contributed by atoms with Gasteiger partial charge in [-0.15, -0.1) is 0 Å². The van der Waals surface area contributed by atoms with Crippen LogP contribution in [0.15, 0.2) is 60.7 Å².